The minimum Gasteiger partial charge on any atom is -0.497 e. The Labute approximate surface area is 187 Å². The third kappa shape index (κ3) is 3.28. The summed E-state index contributed by atoms with van der Waals surface area (Å²) in [7, 11) is 1.56. The van der Waals surface area contributed by atoms with Gasteiger partial charge >= 0.3 is 0 Å². The van der Waals surface area contributed by atoms with Crippen molar-refractivity contribution in [1.29, 1.82) is 0 Å². The van der Waals surface area contributed by atoms with Crippen LogP contribution in [0.15, 0.2) is 77.5 Å². The molecule has 156 valence electrons. The number of halogens is 1. The Hall–Kier alpha value is -3.23. The van der Waals surface area contributed by atoms with Crippen LogP contribution in [0.3, 0.4) is 0 Å². The Morgan fingerprint density at radius 2 is 1.68 bits per heavy atom. The molecular formula is C23H18BrN3O4. The molecule has 2 saturated heterocycles. The monoisotopic (exact) mass is 479 g/mol. The number of anilines is 2. The van der Waals surface area contributed by atoms with Crippen LogP contribution < -0.4 is 14.7 Å². The van der Waals surface area contributed by atoms with Crippen LogP contribution in [0.25, 0.3) is 0 Å². The highest BCUT2D eigenvalue weighted by Crippen LogP contribution is 2.47. The lowest BCUT2D eigenvalue weighted by atomic mass is 9.91. The smallest absolute Gasteiger partial charge is 0.266 e. The molecule has 0 N–H and O–H groups in total. The number of amides is 2. The molecule has 2 aliphatic rings. The summed E-state index contributed by atoms with van der Waals surface area (Å²) in [4.78, 5) is 38.3. The third-order valence-electron chi connectivity index (χ3n) is 5.55. The van der Waals surface area contributed by atoms with E-state index in [9.17, 15) is 9.59 Å². The van der Waals surface area contributed by atoms with Crippen molar-refractivity contribution in [3.05, 3.63) is 83.1 Å². The van der Waals surface area contributed by atoms with Crippen LogP contribution in [0.4, 0.5) is 11.4 Å². The van der Waals surface area contributed by atoms with Crippen molar-refractivity contribution in [2.45, 2.75) is 12.1 Å². The van der Waals surface area contributed by atoms with E-state index in [1.54, 1.807) is 48.8 Å². The molecule has 0 unspecified atom stereocenters. The molecular weight excluding hydrogens is 462 g/mol. The van der Waals surface area contributed by atoms with Crippen molar-refractivity contribution in [3.63, 3.8) is 0 Å². The van der Waals surface area contributed by atoms with Crippen molar-refractivity contribution in [3.8, 4) is 5.75 Å². The summed E-state index contributed by atoms with van der Waals surface area (Å²) in [6.45, 7) is 0. The molecule has 0 radical (unpaired) electrons. The van der Waals surface area contributed by atoms with E-state index in [1.165, 1.54) is 4.90 Å². The summed E-state index contributed by atoms with van der Waals surface area (Å²) in [5.74, 6) is -0.723. The van der Waals surface area contributed by atoms with Crippen molar-refractivity contribution >= 4 is 39.1 Å². The fraction of sp³-hybridized carbons (Fsp3) is 0.174. The number of carbonyl (C=O) groups excluding carboxylic acids is 2. The van der Waals surface area contributed by atoms with Gasteiger partial charge in [0.15, 0.2) is 6.10 Å². The number of aromatic nitrogens is 1. The molecule has 0 bridgehead atoms. The molecule has 3 heterocycles. The first kappa shape index (κ1) is 19.7. The number of hydrogen-bond acceptors (Lipinski definition) is 6. The van der Waals surface area contributed by atoms with Gasteiger partial charge in [0.2, 0.25) is 5.91 Å². The fourth-order valence-electron chi connectivity index (χ4n) is 4.10. The van der Waals surface area contributed by atoms with Crippen LogP contribution in [-0.2, 0) is 14.4 Å². The Balaban J connectivity index is 1.55. The van der Waals surface area contributed by atoms with E-state index in [2.05, 4.69) is 20.9 Å². The molecule has 7 nitrogen and oxygen atoms in total. The lowest BCUT2D eigenvalue weighted by molar-refractivity contribution is -0.126. The first-order valence-electron chi connectivity index (χ1n) is 9.72. The van der Waals surface area contributed by atoms with E-state index in [0.717, 1.165) is 15.7 Å². The second kappa shape index (κ2) is 7.79. The number of nitrogens with zero attached hydrogens (tertiary/aromatic N) is 3. The SMILES string of the molecule is COc1ccc(N2C(=O)[C@@H]3[C@@H](c4cccnc4)N(c4ccc(Br)cc4)O[C@H]3C2=O)cc1. The number of benzene rings is 2. The van der Waals surface area contributed by atoms with Crippen LogP contribution in [0.5, 0.6) is 5.75 Å². The summed E-state index contributed by atoms with van der Waals surface area (Å²) in [5, 5.41) is 1.65. The van der Waals surface area contributed by atoms with Crippen LogP contribution in [0.1, 0.15) is 11.6 Å². The second-order valence-electron chi connectivity index (χ2n) is 7.30. The standard InChI is InChI=1S/C23H18BrN3O4/c1-30-18-10-8-16(9-11-18)26-22(28)19-20(14-3-2-12-25-13-14)27(31-21(19)23(26)29)17-6-4-15(24)5-7-17/h2-13,19-21H,1H3/t19-,20-,21-/m1/s1. The van der Waals surface area contributed by atoms with Gasteiger partial charge in [-0.1, -0.05) is 22.0 Å². The average molecular weight is 480 g/mol. The van der Waals surface area contributed by atoms with E-state index in [0.29, 0.717) is 11.4 Å². The van der Waals surface area contributed by atoms with Crippen molar-refractivity contribution < 1.29 is 19.2 Å². The Kier molecular flexibility index (Phi) is 4.95. The molecule has 0 aliphatic carbocycles. The van der Waals surface area contributed by atoms with Crippen LogP contribution >= 0.6 is 15.9 Å². The number of carbonyl (C=O) groups is 2. The minimum absolute atomic E-state index is 0.298. The largest absolute Gasteiger partial charge is 0.497 e. The Bertz CT molecular complexity index is 1120. The molecule has 0 spiro atoms. The van der Waals surface area contributed by atoms with E-state index >= 15 is 0 Å². The number of fused-ring (bicyclic) bond motifs is 1. The van der Waals surface area contributed by atoms with Crippen LogP contribution in [0, 0.1) is 5.92 Å². The lowest BCUT2D eigenvalue weighted by Gasteiger charge is -2.28. The zero-order valence-electron chi connectivity index (χ0n) is 16.5. The van der Waals surface area contributed by atoms with E-state index < -0.39 is 18.1 Å². The zero-order valence-corrected chi connectivity index (χ0v) is 18.1. The van der Waals surface area contributed by atoms with Gasteiger partial charge in [0.05, 0.1) is 24.5 Å². The highest BCUT2D eigenvalue weighted by Gasteiger charge is 2.60. The molecule has 3 aromatic rings. The first-order valence-corrected chi connectivity index (χ1v) is 10.5. The van der Waals surface area contributed by atoms with Gasteiger partial charge in [0.1, 0.15) is 11.7 Å². The molecule has 2 aromatic carbocycles. The normalized spacial score (nSPS) is 22.7. The third-order valence-corrected chi connectivity index (χ3v) is 6.08. The minimum atomic E-state index is -0.913. The molecule has 2 amide bonds. The maximum absolute atomic E-state index is 13.5. The molecule has 2 fully saturated rings. The predicted octanol–water partition coefficient (Wildman–Crippen LogP) is 3.90. The van der Waals surface area contributed by atoms with Gasteiger partial charge < -0.3 is 4.74 Å². The zero-order chi connectivity index (χ0) is 21.5. The summed E-state index contributed by atoms with van der Waals surface area (Å²) in [6, 6.07) is 17.6. The van der Waals surface area contributed by atoms with Gasteiger partial charge in [-0.15, -0.1) is 0 Å². The summed E-state index contributed by atoms with van der Waals surface area (Å²) in [5.41, 5.74) is 2.05. The second-order valence-corrected chi connectivity index (χ2v) is 8.21. The molecule has 1 aromatic heterocycles. The van der Waals surface area contributed by atoms with Crippen LogP contribution in [0.2, 0.25) is 0 Å². The topological polar surface area (TPSA) is 72.0 Å². The molecule has 2 aliphatic heterocycles. The Morgan fingerprint density at radius 3 is 2.32 bits per heavy atom. The van der Waals surface area contributed by atoms with E-state index in [4.69, 9.17) is 9.57 Å². The summed E-state index contributed by atoms with van der Waals surface area (Å²) < 4.78 is 6.10. The molecule has 0 saturated carbocycles. The molecule has 8 heteroatoms. The van der Waals surface area contributed by atoms with Crippen LogP contribution in [-0.4, -0.2) is 30.0 Å². The molecule has 5 rings (SSSR count). The first-order chi connectivity index (χ1) is 15.1. The Morgan fingerprint density at radius 1 is 0.968 bits per heavy atom. The van der Waals surface area contributed by atoms with Gasteiger partial charge in [-0.2, -0.15) is 0 Å². The maximum atomic E-state index is 13.5. The predicted molar refractivity (Wildman–Crippen MR) is 117 cm³/mol. The summed E-state index contributed by atoms with van der Waals surface area (Å²) >= 11 is 3.43. The number of imide groups is 1. The van der Waals surface area contributed by atoms with Gasteiger partial charge in [-0.3, -0.25) is 19.4 Å². The van der Waals surface area contributed by atoms with Crippen molar-refractivity contribution in [2.75, 3.05) is 17.1 Å². The van der Waals surface area contributed by atoms with Gasteiger partial charge in [0.25, 0.3) is 5.91 Å². The highest BCUT2D eigenvalue weighted by molar-refractivity contribution is 9.10. The number of ether oxygens (including phenoxy) is 1. The highest BCUT2D eigenvalue weighted by atomic mass is 79.9. The van der Waals surface area contributed by atoms with E-state index in [1.807, 2.05) is 36.4 Å². The number of hydrogen-bond donors (Lipinski definition) is 0. The van der Waals surface area contributed by atoms with Gasteiger partial charge in [-0.25, -0.2) is 9.96 Å². The molecule has 31 heavy (non-hydrogen) atoms. The number of hydroxylamine groups is 1. The maximum Gasteiger partial charge on any atom is 0.266 e. The average Bonchev–Trinajstić information content (AvgIpc) is 3.31. The summed E-state index contributed by atoms with van der Waals surface area (Å²) in [6.07, 6.45) is 2.46. The number of rotatable bonds is 4. The quantitative estimate of drug-likeness (QED) is 0.528. The van der Waals surface area contributed by atoms with Gasteiger partial charge in [0, 0.05) is 16.9 Å². The number of methoxy groups -OCH3 is 1. The lowest BCUT2D eigenvalue weighted by Crippen LogP contribution is -2.37. The van der Waals surface area contributed by atoms with Crippen molar-refractivity contribution in [1.82, 2.24) is 4.98 Å². The van der Waals surface area contributed by atoms with Gasteiger partial charge in [-0.05, 0) is 60.2 Å². The fourth-order valence-corrected chi connectivity index (χ4v) is 4.37. The van der Waals surface area contributed by atoms with E-state index in [-0.39, 0.29) is 11.8 Å². The van der Waals surface area contributed by atoms with Crippen molar-refractivity contribution in [2.24, 2.45) is 5.92 Å². The number of pyridine rings is 1. The molecule has 3 atom stereocenters.